The highest BCUT2D eigenvalue weighted by Crippen LogP contribution is 2.29. The molecule has 0 saturated carbocycles. The maximum atomic E-state index is 12.7. The van der Waals surface area contributed by atoms with Crippen molar-refractivity contribution < 1.29 is 9.59 Å². The molecule has 0 radical (unpaired) electrons. The lowest BCUT2D eigenvalue weighted by atomic mass is 9.95. The minimum Gasteiger partial charge on any atom is -0.368 e. The summed E-state index contributed by atoms with van der Waals surface area (Å²) in [7, 11) is 3.73. The molecule has 3 heterocycles. The average molecular weight is 553 g/mol. The molecule has 3 aromatic rings. The maximum Gasteiger partial charge on any atom is 0.255 e. The van der Waals surface area contributed by atoms with E-state index < -0.39 is 0 Å². The van der Waals surface area contributed by atoms with Gasteiger partial charge in [-0.25, -0.2) is 9.98 Å². The molecule has 5 rings (SSSR count). The van der Waals surface area contributed by atoms with Crippen LogP contribution >= 0.6 is 0 Å². The molecule has 2 atom stereocenters. The fraction of sp³-hybridized carbons (Fsp3) is 0.323. The van der Waals surface area contributed by atoms with Crippen LogP contribution in [0.2, 0.25) is 0 Å². The molecule has 2 unspecified atom stereocenters. The Kier molecular flexibility index (Phi) is 8.69. The summed E-state index contributed by atoms with van der Waals surface area (Å²) in [5.74, 6) is 0.684. The Morgan fingerprint density at radius 2 is 1.66 bits per heavy atom. The van der Waals surface area contributed by atoms with Crippen molar-refractivity contribution in [3.05, 3.63) is 84.2 Å². The van der Waals surface area contributed by atoms with E-state index in [2.05, 4.69) is 44.6 Å². The van der Waals surface area contributed by atoms with Crippen molar-refractivity contribution in [3.63, 3.8) is 0 Å². The van der Waals surface area contributed by atoms with Crippen LogP contribution in [0.1, 0.15) is 28.9 Å². The van der Waals surface area contributed by atoms with Crippen molar-refractivity contribution in [1.29, 1.82) is 0 Å². The molecule has 10 heteroatoms. The van der Waals surface area contributed by atoms with Crippen LogP contribution < -0.4 is 15.5 Å². The van der Waals surface area contributed by atoms with Gasteiger partial charge in [0.25, 0.3) is 5.91 Å². The molecule has 0 bridgehead atoms. The Hall–Kier alpha value is -4.57. The molecule has 2 N–H and O–H groups in total. The Bertz CT molecular complexity index is 1400. The second-order valence-corrected chi connectivity index (χ2v) is 10.6. The third-order valence-corrected chi connectivity index (χ3v) is 7.15. The summed E-state index contributed by atoms with van der Waals surface area (Å²) in [5.41, 5.74) is 4.47. The number of aromatic nitrogens is 1. The second-order valence-electron chi connectivity index (χ2n) is 10.6. The summed E-state index contributed by atoms with van der Waals surface area (Å²) in [4.78, 5) is 44.2. The first kappa shape index (κ1) is 28.0. The zero-order chi connectivity index (χ0) is 28.8. The molecule has 1 aromatic heterocycles. The monoisotopic (exact) mass is 552 g/mol. The summed E-state index contributed by atoms with van der Waals surface area (Å²) in [6.07, 6.45) is 5.22. The average Bonchev–Trinajstić information content (AvgIpc) is 2.99. The second kappa shape index (κ2) is 12.7. The molecular weight excluding hydrogens is 516 g/mol. The Balaban J connectivity index is 1.17. The van der Waals surface area contributed by atoms with E-state index in [1.54, 1.807) is 18.5 Å². The number of piperazine rings is 1. The van der Waals surface area contributed by atoms with Gasteiger partial charge >= 0.3 is 0 Å². The van der Waals surface area contributed by atoms with Crippen LogP contribution in [0, 0.1) is 5.92 Å². The Morgan fingerprint density at radius 3 is 2.32 bits per heavy atom. The summed E-state index contributed by atoms with van der Waals surface area (Å²) >= 11 is 0. The largest absolute Gasteiger partial charge is 0.368 e. The summed E-state index contributed by atoms with van der Waals surface area (Å²) < 4.78 is 0. The van der Waals surface area contributed by atoms with Crippen molar-refractivity contribution >= 4 is 41.1 Å². The lowest BCUT2D eigenvalue weighted by molar-refractivity contribution is -0.116. The number of nitrogens with zero attached hydrogens (tertiary/aromatic N) is 6. The SMILES string of the molecule is CC1C=NC(Nc2ccc(N3CCN(C(=O)c4cccnc4)CC3)cc2)=NC1c1ccc(NC(=O)CN(C)C)cc1. The van der Waals surface area contributed by atoms with E-state index in [9.17, 15) is 9.59 Å². The minimum atomic E-state index is -0.0773. The van der Waals surface area contributed by atoms with Crippen molar-refractivity contribution in [3.8, 4) is 0 Å². The fourth-order valence-electron chi connectivity index (χ4n) is 4.97. The van der Waals surface area contributed by atoms with Crippen molar-refractivity contribution in [2.75, 3.05) is 62.4 Å². The quantitative estimate of drug-likeness (QED) is 0.462. The van der Waals surface area contributed by atoms with E-state index in [4.69, 9.17) is 4.99 Å². The lowest BCUT2D eigenvalue weighted by Gasteiger charge is -2.36. The Labute approximate surface area is 240 Å². The van der Waals surface area contributed by atoms with Gasteiger partial charge in [0.15, 0.2) is 0 Å². The molecule has 41 heavy (non-hydrogen) atoms. The van der Waals surface area contributed by atoms with Gasteiger partial charge in [0.1, 0.15) is 0 Å². The highest BCUT2D eigenvalue weighted by molar-refractivity contribution is 6.00. The summed E-state index contributed by atoms with van der Waals surface area (Å²) in [5, 5.41) is 6.26. The number of amides is 2. The van der Waals surface area contributed by atoms with Gasteiger partial charge in [0.2, 0.25) is 11.9 Å². The summed E-state index contributed by atoms with van der Waals surface area (Å²) in [6.45, 7) is 5.31. The molecule has 2 aromatic carbocycles. The lowest BCUT2D eigenvalue weighted by Crippen LogP contribution is -2.48. The van der Waals surface area contributed by atoms with Gasteiger partial charge in [-0.15, -0.1) is 0 Å². The zero-order valence-electron chi connectivity index (χ0n) is 23.7. The number of rotatable bonds is 7. The van der Waals surface area contributed by atoms with Crippen molar-refractivity contribution in [2.24, 2.45) is 15.9 Å². The van der Waals surface area contributed by atoms with Crippen LogP contribution in [-0.4, -0.2) is 85.6 Å². The van der Waals surface area contributed by atoms with E-state index in [-0.39, 0.29) is 23.8 Å². The van der Waals surface area contributed by atoms with E-state index in [0.717, 1.165) is 35.7 Å². The van der Waals surface area contributed by atoms with Crippen LogP contribution in [0.4, 0.5) is 17.1 Å². The molecular formula is C31H36N8O2. The van der Waals surface area contributed by atoms with Gasteiger partial charge in [-0.1, -0.05) is 19.1 Å². The number of aliphatic imine (C=N–C) groups is 2. The van der Waals surface area contributed by atoms with Crippen molar-refractivity contribution in [2.45, 2.75) is 13.0 Å². The van der Waals surface area contributed by atoms with Crippen LogP contribution in [0.3, 0.4) is 0 Å². The van der Waals surface area contributed by atoms with E-state index >= 15 is 0 Å². The molecule has 2 amide bonds. The molecule has 2 aliphatic heterocycles. The van der Waals surface area contributed by atoms with Crippen LogP contribution in [0.25, 0.3) is 0 Å². The van der Waals surface area contributed by atoms with Gasteiger partial charge in [0, 0.05) is 67.8 Å². The van der Waals surface area contributed by atoms with Crippen LogP contribution in [0.15, 0.2) is 83.0 Å². The van der Waals surface area contributed by atoms with Gasteiger partial charge in [-0.05, 0) is 68.2 Å². The zero-order valence-corrected chi connectivity index (χ0v) is 23.7. The number of likely N-dealkylation sites (N-methyl/N-ethyl adjacent to an activating group) is 1. The van der Waals surface area contributed by atoms with Crippen LogP contribution in [0.5, 0.6) is 0 Å². The van der Waals surface area contributed by atoms with Crippen molar-refractivity contribution in [1.82, 2.24) is 14.8 Å². The number of carbonyl (C=O) groups excluding carboxylic acids is 2. The first-order valence-corrected chi connectivity index (χ1v) is 13.8. The smallest absolute Gasteiger partial charge is 0.255 e. The third kappa shape index (κ3) is 7.15. The highest BCUT2D eigenvalue weighted by atomic mass is 16.2. The predicted molar refractivity (Wildman–Crippen MR) is 164 cm³/mol. The molecule has 0 aliphatic carbocycles. The highest BCUT2D eigenvalue weighted by Gasteiger charge is 2.24. The number of pyridine rings is 1. The molecule has 0 spiro atoms. The fourth-order valence-corrected chi connectivity index (χ4v) is 4.97. The minimum absolute atomic E-state index is 0.0291. The van der Waals surface area contributed by atoms with Gasteiger partial charge in [0.05, 0.1) is 18.2 Å². The molecule has 1 saturated heterocycles. The van der Waals surface area contributed by atoms with E-state index in [1.165, 1.54) is 0 Å². The molecule has 2 aliphatic rings. The summed E-state index contributed by atoms with van der Waals surface area (Å²) in [6, 6.07) is 19.6. The first-order chi connectivity index (χ1) is 19.9. The van der Waals surface area contributed by atoms with Gasteiger partial charge in [-0.2, -0.15) is 0 Å². The van der Waals surface area contributed by atoms with E-state index in [0.29, 0.717) is 31.2 Å². The number of hydrogen-bond acceptors (Lipinski definition) is 8. The van der Waals surface area contributed by atoms with Gasteiger partial charge in [-0.3, -0.25) is 14.6 Å². The Morgan fingerprint density at radius 1 is 0.951 bits per heavy atom. The normalized spacial score (nSPS) is 18.7. The topological polar surface area (TPSA) is 106 Å². The molecule has 212 valence electrons. The number of carbonyl (C=O) groups is 2. The first-order valence-electron chi connectivity index (χ1n) is 13.8. The van der Waals surface area contributed by atoms with E-state index in [1.807, 2.05) is 72.6 Å². The number of hydrogen-bond donors (Lipinski definition) is 2. The molecule has 1 fully saturated rings. The van der Waals surface area contributed by atoms with Gasteiger partial charge < -0.3 is 25.3 Å². The maximum absolute atomic E-state index is 12.7. The number of guanidine groups is 1. The molecule has 10 nitrogen and oxygen atoms in total. The standard InChI is InChI=1S/C31H36N8O2/c1-22-19-33-31(36-29(22)23-6-8-25(9-7-23)34-28(40)21-37(2)3)35-26-10-12-27(13-11-26)38-15-17-39(18-16-38)30(41)24-5-4-14-32-20-24/h4-14,19-20,22,29H,15-18,21H2,1-3H3,(H,34,40)(H,35,36). The van der Waals surface area contributed by atoms with Crippen LogP contribution in [-0.2, 0) is 4.79 Å². The number of benzene rings is 2. The number of anilines is 3. The predicted octanol–water partition coefficient (Wildman–Crippen LogP) is 3.77. The number of nitrogens with one attached hydrogen (secondary N) is 2. The third-order valence-electron chi connectivity index (χ3n) is 7.15.